The number of anilines is 1. The molecule has 2 aromatic rings. The van der Waals surface area contributed by atoms with Gasteiger partial charge in [0.05, 0.1) is 17.8 Å². The predicted molar refractivity (Wildman–Crippen MR) is 97.7 cm³/mol. The zero-order valence-corrected chi connectivity index (χ0v) is 15.0. The number of carbonyl (C=O) groups excluding carboxylic acids is 2. The van der Waals surface area contributed by atoms with Crippen LogP contribution in [0.3, 0.4) is 0 Å². The Balaban J connectivity index is 1.75. The Kier molecular flexibility index (Phi) is 4.78. The Morgan fingerprint density at radius 2 is 2.00 bits per heavy atom. The zero-order valence-electron chi connectivity index (χ0n) is 14.2. The van der Waals surface area contributed by atoms with E-state index in [1.807, 2.05) is 44.2 Å². The Labute approximate surface area is 150 Å². The van der Waals surface area contributed by atoms with E-state index in [0.717, 1.165) is 16.0 Å². The minimum Gasteiger partial charge on any atom is -0.370 e. The number of ether oxygens (including phenoxy) is 1. The van der Waals surface area contributed by atoms with E-state index in [1.165, 1.54) is 11.3 Å². The van der Waals surface area contributed by atoms with Crippen LogP contribution < -0.4 is 16.4 Å². The Bertz CT molecular complexity index is 799. The average molecular weight is 359 g/mol. The number of fused-ring (bicyclic) bond motifs is 1. The molecule has 0 spiro atoms. The van der Waals surface area contributed by atoms with Gasteiger partial charge in [-0.1, -0.05) is 30.3 Å². The summed E-state index contributed by atoms with van der Waals surface area (Å²) in [5, 5.41) is 6.02. The molecule has 132 valence electrons. The highest BCUT2D eigenvalue weighted by molar-refractivity contribution is 7.17. The second kappa shape index (κ2) is 6.85. The van der Waals surface area contributed by atoms with Gasteiger partial charge in [0.2, 0.25) is 0 Å². The normalized spacial score (nSPS) is 15.3. The van der Waals surface area contributed by atoms with E-state index in [0.29, 0.717) is 30.1 Å². The van der Waals surface area contributed by atoms with Gasteiger partial charge in [-0.25, -0.2) is 4.79 Å². The van der Waals surface area contributed by atoms with Gasteiger partial charge in [0.25, 0.3) is 5.91 Å². The number of urea groups is 1. The van der Waals surface area contributed by atoms with Crippen molar-refractivity contribution in [2.45, 2.75) is 39.0 Å². The number of amides is 3. The Morgan fingerprint density at radius 3 is 2.68 bits per heavy atom. The molecule has 1 aliphatic heterocycles. The number of carbonyl (C=O) groups is 2. The van der Waals surface area contributed by atoms with Gasteiger partial charge in [0.15, 0.2) is 0 Å². The third-order valence-corrected chi connectivity index (χ3v) is 5.18. The van der Waals surface area contributed by atoms with Crippen molar-refractivity contribution < 1.29 is 14.3 Å². The number of benzene rings is 1. The largest absolute Gasteiger partial charge is 0.370 e. The molecular formula is C18H21N3O3S. The van der Waals surface area contributed by atoms with Gasteiger partial charge in [-0.3, -0.25) is 10.1 Å². The molecule has 4 N–H and O–H groups in total. The molecule has 1 aliphatic rings. The summed E-state index contributed by atoms with van der Waals surface area (Å²) in [6, 6.07) is 9.23. The lowest BCUT2D eigenvalue weighted by molar-refractivity contribution is -0.0383. The van der Waals surface area contributed by atoms with E-state index < -0.39 is 5.91 Å². The standard InChI is InChI=1S/C18H21N3O3S/c1-18(2)8-12-13(10-24-18)25-16(14(12)15(19)22)21-17(23)20-9-11-6-4-3-5-7-11/h3-7H,8-10H2,1-2H3,(H2,19,22)(H2,20,21,23). The van der Waals surface area contributed by atoms with Crippen molar-refractivity contribution in [1.82, 2.24) is 5.32 Å². The molecule has 1 aromatic carbocycles. The van der Waals surface area contributed by atoms with Gasteiger partial charge in [-0.05, 0) is 25.0 Å². The highest BCUT2D eigenvalue weighted by atomic mass is 32.1. The van der Waals surface area contributed by atoms with Gasteiger partial charge in [0.1, 0.15) is 5.00 Å². The number of nitrogens with two attached hydrogens (primary N) is 1. The van der Waals surface area contributed by atoms with Gasteiger partial charge >= 0.3 is 6.03 Å². The Hall–Kier alpha value is -2.38. The number of nitrogens with one attached hydrogen (secondary N) is 2. The smallest absolute Gasteiger partial charge is 0.320 e. The van der Waals surface area contributed by atoms with E-state index in [4.69, 9.17) is 10.5 Å². The topological polar surface area (TPSA) is 93.5 Å². The third kappa shape index (κ3) is 4.00. The van der Waals surface area contributed by atoms with E-state index in [9.17, 15) is 9.59 Å². The molecule has 3 rings (SSSR count). The molecule has 0 saturated heterocycles. The van der Waals surface area contributed by atoms with Crippen LogP contribution in [0.15, 0.2) is 30.3 Å². The molecule has 3 amide bonds. The van der Waals surface area contributed by atoms with E-state index in [1.54, 1.807) is 0 Å². The monoisotopic (exact) mass is 359 g/mol. The van der Waals surface area contributed by atoms with Crippen LogP contribution in [0.1, 0.15) is 40.2 Å². The molecule has 7 heteroatoms. The molecule has 0 aliphatic carbocycles. The van der Waals surface area contributed by atoms with Gasteiger partial charge in [-0.2, -0.15) is 0 Å². The summed E-state index contributed by atoms with van der Waals surface area (Å²) in [6.07, 6.45) is 0.588. The van der Waals surface area contributed by atoms with Crippen LogP contribution in [0.25, 0.3) is 0 Å². The molecule has 25 heavy (non-hydrogen) atoms. The van der Waals surface area contributed by atoms with Crippen LogP contribution in [0.4, 0.5) is 9.80 Å². The van der Waals surface area contributed by atoms with Crippen molar-refractivity contribution in [3.8, 4) is 0 Å². The predicted octanol–water partition coefficient (Wildman–Crippen LogP) is 3.02. The lowest BCUT2D eigenvalue weighted by Gasteiger charge is -2.30. The quantitative estimate of drug-likeness (QED) is 0.783. The zero-order chi connectivity index (χ0) is 18.0. The van der Waals surface area contributed by atoms with Crippen LogP contribution in [0, 0.1) is 0 Å². The lowest BCUT2D eigenvalue weighted by atomic mass is 9.93. The number of hydrogen-bond donors (Lipinski definition) is 3. The van der Waals surface area contributed by atoms with Crippen molar-refractivity contribution >= 4 is 28.3 Å². The molecule has 0 fully saturated rings. The van der Waals surface area contributed by atoms with Gasteiger partial charge < -0.3 is 15.8 Å². The molecule has 0 atom stereocenters. The first-order valence-corrected chi connectivity index (χ1v) is 8.84. The van der Waals surface area contributed by atoms with Gasteiger partial charge in [-0.15, -0.1) is 11.3 Å². The first-order valence-electron chi connectivity index (χ1n) is 8.03. The molecule has 2 heterocycles. The number of primary amides is 1. The van der Waals surface area contributed by atoms with Crippen molar-refractivity contribution in [3.63, 3.8) is 0 Å². The summed E-state index contributed by atoms with van der Waals surface area (Å²) in [5.74, 6) is -0.534. The lowest BCUT2D eigenvalue weighted by Crippen LogP contribution is -2.32. The number of thiophene rings is 1. The van der Waals surface area contributed by atoms with Gasteiger partial charge in [0, 0.05) is 17.8 Å². The molecular weight excluding hydrogens is 338 g/mol. The molecule has 0 radical (unpaired) electrons. The summed E-state index contributed by atoms with van der Waals surface area (Å²) in [7, 11) is 0. The molecule has 1 aromatic heterocycles. The van der Waals surface area contributed by atoms with E-state index in [2.05, 4.69) is 10.6 Å². The second-order valence-electron chi connectivity index (χ2n) is 6.59. The number of hydrogen-bond acceptors (Lipinski definition) is 4. The van der Waals surface area contributed by atoms with Crippen molar-refractivity contribution in [2.24, 2.45) is 5.73 Å². The SMILES string of the molecule is CC1(C)Cc2c(sc(NC(=O)NCc3ccccc3)c2C(N)=O)CO1. The average Bonchev–Trinajstić information content (AvgIpc) is 2.89. The van der Waals surface area contributed by atoms with Crippen molar-refractivity contribution in [3.05, 3.63) is 51.9 Å². The maximum absolute atomic E-state index is 12.2. The molecule has 6 nitrogen and oxygen atoms in total. The highest BCUT2D eigenvalue weighted by Gasteiger charge is 2.33. The minimum absolute atomic E-state index is 0.356. The maximum atomic E-state index is 12.2. The Morgan fingerprint density at radius 1 is 1.28 bits per heavy atom. The second-order valence-corrected chi connectivity index (χ2v) is 7.70. The van der Waals surface area contributed by atoms with E-state index in [-0.39, 0.29) is 11.6 Å². The van der Waals surface area contributed by atoms with Crippen molar-refractivity contribution in [1.29, 1.82) is 0 Å². The summed E-state index contributed by atoms with van der Waals surface area (Å²) in [4.78, 5) is 25.1. The molecule has 0 bridgehead atoms. The van der Waals surface area contributed by atoms with Crippen molar-refractivity contribution in [2.75, 3.05) is 5.32 Å². The first kappa shape index (κ1) is 17.4. The van der Waals surface area contributed by atoms with Crippen LogP contribution in [0.5, 0.6) is 0 Å². The van der Waals surface area contributed by atoms with Crippen LogP contribution in [-0.2, 0) is 24.3 Å². The first-order chi connectivity index (χ1) is 11.9. The van der Waals surface area contributed by atoms with Crippen LogP contribution in [0.2, 0.25) is 0 Å². The summed E-state index contributed by atoms with van der Waals surface area (Å²) in [6.45, 7) is 4.76. The highest BCUT2D eigenvalue weighted by Crippen LogP contribution is 2.40. The van der Waals surface area contributed by atoms with E-state index >= 15 is 0 Å². The minimum atomic E-state index is -0.534. The summed E-state index contributed by atoms with van der Waals surface area (Å²) < 4.78 is 5.78. The summed E-state index contributed by atoms with van der Waals surface area (Å²) in [5.41, 5.74) is 7.48. The fraction of sp³-hybridized carbons (Fsp3) is 0.333. The number of rotatable bonds is 4. The molecule has 0 saturated carbocycles. The maximum Gasteiger partial charge on any atom is 0.320 e. The molecule has 0 unspecified atom stereocenters. The third-order valence-electron chi connectivity index (χ3n) is 4.06. The van der Waals surface area contributed by atoms with Crippen LogP contribution >= 0.6 is 11.3 Å². The fourth-order valence-corrected chi connectivity index (χ4v) is 3.96. The van der Waals surface area contributed by atoms with Crippen LogP contribution in [-0.4, -0.2) is 17.5 Å². The fourth-order valence-electron chi connectivity index (χ4n) is 2.83. The summed E-state index contributed by atoms with van der Waals surface area (Å²) >= 11 is 1.34.